The molecule has 5 nitrogen and oxygen atoms in total. The zero-order valence-electron chi connectivity index (χ0n) is 14.4. The summed E-state index contributed by atoms with van der Waals surface area (Å²) in [5.41, 5.74) is 5.52. The number of benzene rings is 2. The second-order valence-corrected chi connectivity index (χ2v) is 6.14. The zero-order valence-corrected chi connectivity index (χ0v) is 14.4. The Morgan fingerprint density at radius 1 is 0.885 bits per heavy atom. The van der Waals surface area contributed by atoms with Crippen molar-refractivity contribution in [3.05, 3.63) is 83.9 Å². The molecule has 0 aliphatic heterocycles. The van der Waals surface area contributed by atoms with Crippen LogP contribution >= 0.6 is 0 Å². The molecule has 0 aliphatic rings. The van der Waals surface area contributed by atoms with E-state index in [0.717, 1.165) is 35.3 Å². The third-order valence-corrected chi connectivity index (χ3v) is 4.13. The van der Waals surface area contributed by atoms with Gasteiger partial charge in [0.25, 0.3) is 0 Å². The number of carboxylic acid groups (broad SMARTS) is 1. The predicted molar refractivity (Wildman–Crippen MR) is 100 cm³/mol. The van der Waals surface area contributed by atoms with E-state index in [9.17, 15) is 4.79 Å². The molecule has 3 aromatic rings. The Hall–Kier alpha value is -3.05. The first-order chi connectivity index (χ1) is 12.7. The van der Waals surface area contributed by atoms with E-state index in [0.29, 0.717) is 6.42 Å². The number of carboxylic acids is 1. The Kier molecular flexibility index (Phi) is 6.06. The van der Waals surface area contributed by atoms with Crippen molar-refractivity contribution < 1.29 is 9.90 Å². The normalized spacial score (nSPS) is 10.6. The van der Waals surface area contributed by atoms with Gasteiger partial charge in [-0.05, 0) is 28.7 Å². The maximum Gasteiger partial charge on any atom is 0.303 e. The van der Waals surface area contributed by atoms with E-state index in [4.69, 9.17) is 5.11 Å². The molecule has 0 saturated heterocycles. The van der Waals surface area contributed by atoms with E-state index in [1.54, 1.807) is 12.4 Å². The highest BCUT2D eigenvalue weighted by atomic mass is 16.4. The van der Waals surface area contributed by atoms with E-state index in [1.807, 2.05) is 12.1 Å². The Bertz CT molecular complexity index is 849. The van der Waals surface area contributed by atoms with E-state index in [-0.39, 0.29) is 6.42 Å². The number of hydrogen-bond acceptors (Lipinski definition) is 4. The third-order valence-electron chi connectivity index (χ3n) is 4.13. The van der Waals surface area contributed by atoms with Gasteiger partial charge >= 0.3 is 5.97 Å². The number of hydrogen-bond donors (Lipinski definition) is 2. The van der Waals surface area contributed by atoms with Crippen LogP contribution in [0.3, 0.4) is 0 Å². The van der Waals surface area contributed by atoms with Gasteiger partial charge in [0.2, 0.25) is 0 Å². The molecule has 0 atom stereocenters. The Morgan fingerprint density at radius 3 is 2.31 bits per heavy atom. The predicted octanol–water partition coefficient (Wildman–Crippen LogP) is 3.45. The Balaban J connectivity index is 1.52. The lowest BCUT2D eigenvalue weighted by atomic mass is 10.1. The van der Waals surface area contributed by atoms with Crippen LogP contribution < -0.4 is 5.32 Å². The maximum absolute atomic E-state index is 10.7. The topological polar surface area (TPSA) is 75.1 Å². The summed E-state index contributed by atoms with van der Waals surface area (Å²) in [7, 11) is 0. The lowest BCUT2D eigenvalue weighted by Crippen LogP contribution is -2.12. The number of rotatable bonds is 8. The first kappa shape index (κ1) is 17.8. The maximum atomic E-state index is 10.7. The number of aromatic nitrogens is 2. The molecular weight excluding hydrogens is 326 g/mol. The zero-order chi connectivity index (χ0) is 18.2. The minimum absolute atomic E-state index is 0.162. The van der Waals surface area contributed by atoms with Crippen LogP contribution in [0.15, 0.2) is 67.3 Å². The summed E-state index contributed by atoms with van der Waals surface area (Å²) >= 11 is 0. The number of nitrogens with one attached hydrogen (secondary N) is 1. The van der Waals surface area contributed by atoms with Gasteiger partial charge in [-0.25, -0.2) is 9.97 Å². The van der Waals surface area contributed by atoms with Gasteiger partial charge < -0.3 is 10.4 Å². The lowest BCUT2D eigenvalue weighted by molar-refractivity contribution is -0.136. The Labute approximate surface area is 152 Å². The van der Waals surface area contributed by atoms with Gasteiger partial charge in [0.05, 0.1) is 0 Å². The van der Waals surface area contributed by atoms with Crippen molar-refractivity contribution in [1.29, 1.82) is 0 Å². The van der Waals surface area contributed by atoms with Crippen molar-refractivity contribution in [2.24, 2.45) is 0 Å². The second-order valence-electron chi connectivity index (χ2n) is 6.14. The van der Waals surface area contributed by atoms with Crippen LogP contribution in [-0.4, -0.2) is 21.0 Å². The van der Waals surface area contributed by atoms with Crippen molar-refractivity contribution >= 4 is 5.97 Å². The average molecular weight is 347 g/mol. The first-order valence-corrected chi connectivity index (χ1v) is 8.55. The highest BCUT2D eigenvalue weighted by Crippen LogP contribution is 2.17. The molecule has 1 heterocycles. The molecule has 0 unspecified atom stereocenters. The summed E-state index contributed by atoms with van der Waals surface area (Å²) in [6.45, 7) is 1.51. The number of carbonyl (C=O) groups is 1. The number of nitrogens with zero attached hydrogens (tertiary/aromatic N) is 2. The van der Waals surface area contributed by atoms with Crippen molar-refractivity contribution in [1.82, 2.24) is 15.3 Å². The van der Waals surface area contributed by atoms with Gasteiger partial charge in [-0.2, -0.15) is 0 Å². The minimum atomic E-state index is -0.765. The fourth-order valence-electron chi connectivity index (χ4n) is 2.76. The lowest BCUT2D eigenvalue weighted by Gasteiger charge is -2.08. The minimum Gasteiger partial charge on any atom is -0.481 e. The summed E-state index contributed by atoms with van der Waals surface area (Å²) in [6, 6.07) is 16.4. The summed E-state index contributed by atoms with van der Waals surface area (Å²) in [4.78, 5) is 18.8. The van der Waals surface area contributed by atoms with E-state index in [1.165, 1.54) is 11.9 Å². The van der Waals surface area contributed by atoms with Crippen molar-refractivity contribution in [3.8, 4) is 11.1 Å². The molecule has 0 aliphatic carbocycles. The molecule has 0 radical (unpaired) electrons. The van der Waals surface area contributed by atoms with Crippen LogP contribution in [0.25, 0.3) is 11.1 Å². The number of aliphatic carboxylic acids is 1. The van der Waals surface area contributed by atoms with Crippen molar-refractivity contribution in [2.45, 2.75) is 25.9 Å². The van der Waals surface area contributed by atoms with E-state index < -0.39 is 5.97 Å². The number of aryl methyl sites for hydroxylation is 1. The molecule has 2 aromatic carbocycles. The van der Waals surface area contributed by atoms with E-state index in [2.05, 4.69) is 51.7 Å². The monoisotopic (exact) mass is 347 g/mol. The quantitative estimate of drug-likeness (QED) is 0.653. The van der Waals surface area contributed by atoms with E-state index >= 15 is 0 Å². The third kappa shape index (κ3) is 5.22. The molecule has 0 bridgehead atoms. The van der Waals surface area contributed by atoms with Crippen LogP contribution in [0.4, 0.5) is 0 Å². The molecule has 5 heteroatoms. The van der Waals surface area contributed by atoms with Crippen LogP contribution in [0.5, 0.6) is 0 Å². The largest absolute Gasteiger partial charge is 0.481 e. The molecule has 26 heavy (non-hydrogen) atoms. The summed E-state index contributed by atoms with van der Waals surface area (Å²) < 4.78 is 0. The summed E-state index contributed by atoms with van der Waals surface area (Å²) in [5.74, 6) is -0.765. The molecule has 0 fully saturated rings. The molecule has 1 aromatic heterocycles. The van der Waals surface area contributed by atoms with Crippen LogP contribution in [0, 0.1) is 0 Å². The van der Waals surface area contributed by atoms with Gasteiger partial charge in [-0.15, -0.1) is 0 Å². The molecule has 3 rings (SSSR count). The van der Waals surface area contributed by atoms with Gasteiger partial charge in [0.1, 0.15) is 6.33 Å². The molecule has 0 amide bonds. The molecular formula is C21H21N3O2. The molecule has 2 N–H and O–H groups in total. The average Bonchev–Trinajstić information content (AvgIpc) is 2.68. The first-order valence-electron chi connectivity index (χ1n) is 8.55. The highest BCUT2D eigenvalue weighted by Gasteiger charge is 2.02. The van der Waals surface area contributed by atoms with Gasteiger partial charge in [-0.1, -0.05) is 48.5 Å². The smallest absolute Gasteiger partial charge is 0.303 e. The van der Waals surface area contributed by atoms with Gasteiger partial charge in [0.15, 0.2) is 0 Å². The second kappa shape index (κ2) is 8.87. The van der Waals surface area contributed by atoms with Crippen molar-refractivity contribution in [3.63, 3.8) is 0 Å². The Morgan fingerprint density at radius 2 is 1.58 bits per heavy atom. The fraction of sp³-hybridized carbons (Fsp3) is 0.190. The molecule has 132 valence electrons. The van der Waals surface area contributed by atoms with Crippen LogP contribution in [0.2, 0.25) is 0 Å². The van der Waals surface area contributed by atoms with Gasteiger partial charge in [-0.3, -0.25) is 4.79 Å². The summed E-state index contributed by atoms with van der Waals surface area (Å²) in [6.07, 6.45) is 5.86. The fourth-order valence-corrected chi connectivity index (χ4v) is 2.76. The van der Waals surface area contributed by atoms with Crippen LogP contribution in [0.1, 0.15) is 23.1 Å². The SMILES string of the molecule is O=C(O)CCc1cccc(CNCc2ccc(-c3cncnc3)cc2)c1. The molecule has 0 spiro atoms. The highest BCUT2D eigenvalue weighted by molar-refractivity contribution is 5.67. The standard InChI is InChI=1S/C21H21N3O2/c25-21(26)9-6-16-2-1-3-18(10-16)12-22-11-17-4-7-19(8-5-17)20-13-23-15-24-14-20/h1-5,7-8,10,13-15,22H,6,9,11-12H2,(H,25,26). The van der Waals surface area contributed by atoms with Gasteiger partial charge in [0, 0.05) is 37.5 Å². The van der Waals surface area contributed by atoms with Crippen LogP contribution in [-0.2, 0) is 24.3 Å². The molecule has 0 saturated carbocycles. The van der Waals surface area contributed by atoms with Crippen molar-refractivity contribution in [2.75, 3.05) is 0 Å². The summed E-state index contributed by atoms with van der Waals surface area (Å²) in [5, 5.41) is 12.2.